The van der Waals surface area contributed by atoms with Crippen molar-refractivity contribution < 1.29 is 13.9 Å². The van der Waals surface area contributed by atoms with E-state index in [0.717, 1.165) is 26.2 Å². The fraction of sp³-hybridized carbons (Fsp3) is 0.455. The van der Waals surface area contributed by atoms with Crippen LogP contribution in [0.2, 0.25) is 0 Å². The monoisotopic (exact) mass is 228 g/mol. The quantitative estimate of drug-likeness (QED) is 0.795. The Hall–Kier alpha value is -1.20. The Balaban J connectivity index is 2.11. The molecule has 3 nitrogen and oxygen atoms in total. The molecule has 1 heterocycles. The van der Waals surface area contributed by atoms with E-state index in [2.05, 4.69) is 5.32 Å². The van der Waals surface area contributed by atoms with Crippen LogP contribution in [-0.4, -0.2) is 36.2 Å². The highest BCUT2D eigenvalue weighted by Gasteiger charge is 2.16. The van der Waals surface area contributed by atoms with Crippen molar-refractivity contribution in [2.45, 2.75) is 6.54 Å². The van der Waals surface area contributed by atoms with Gasteiger partial charge in [-0.15, -0.1) is 0 Å². The van der Waals surface area contributed by atoms with Crippen LogP contribution in [0, 0.1) is 11.6 Å². The van der Waals surface area contributed by atoms with Gasteiger partial charge in [-0.05, 0) is 6.07 Å². The first-order valence-electron chi connectivity index (χ1n) is 5.27. The normalized spacial score (nSPS) is 17.6. The minimum atomic E-state index is -1.16. The highest BCUT2D eigenvalue weighted by Crippen LogP contribution is 2.22. The van der Waals surface area contributed by atoms with Crippen LogP contribution in [-0.2, 0) is 6.54 Å². The number of hydrogen-bond acceptors (Lipinski definition) is 3. The fourth-order valence-electron chi connectivity index (χ4n) is 1.81. The lowest BCUT2D eigenvalue weighted by molar-refractivity contribution is 0.229. The number of benzene rings is 1. The molecule has 2 N–H and O–H groups in total. The smallest absolute Gasteiger partial charge is 0.200 e. The molecule has 1 fully saturated rings. The fourth-order valence-corrected chi connectivity index (χ4v) is 1.81. The second-order valence-corrected chi connectivity index (χ2v) is 3.90. The van der Waals surface area contributed by atoms with Crippen molar-refractivity contribution in [3.8, 4) is 5.75 Å². The molecule has 0 spiro atoms. The molecule has 5 heteroatoms. The SMILES string of the molecule is Oc1ccc(CN2CCNCC2)c(F)c1F. The molecule has 0 saturated carbocycles. The molecule has 88 valence electrons. The standard InChI is InChI=1S/C11H14F2N2O/c12-10-8(1-2-9(16)11(10)13)7-15-5-3-14-4-6-15/h1-2,14,16H,3-7H2. The lowest BCUT2D eigenvalue weighted by Gasteiger charge is -2.27. The molecule has 0 unspecified atom stereocenters. The van der Waals surface area contributed by atoms with E-state index in [9.17, 15) is 8.78 Å². The highest BCUT2D eigenvalue weighted by atomic mass is 19.2. The molecule has 1 aliphatic heterocycles. The summed E-state index contributed by atoms with van der Waals surface area (Å²) in [5.41, 5.74) is 0.289. The van der Waals surface area contributed by atoms with Gasteiger partial charge >= 0.3 is 0 Å². The summed E-state index contributed by atoms with van der Waals surface area (Å²) in [6, 6.07) is 2.62. The zero-order valence-corrected chi connectivity index (χ0v) is 8.84. The highest BCUT2D eigenvalue weighted by molar-refractivity contribution is 5.29. The number of phenolic OH excluding ortho intramolecular Hbond substituents is 1. The molecular formula is C11H14F2N2O. The molecule has 2 rings (SSSR count). The summed E-state index contributed by atoms with van der Waals surface area (Å²) in [5, 5.41) is 12.2. The molecule has 0 radical (unpaired) electrons. The first-order valence-corrected chi connectivity index (χ1v) is 5.27. The first-order chi connectivity index (χ1) is 7.68. The predicted octanol–water partition coefficient (Wildman–Crippen LogP) is 1.08. The molecule has 0 aromatic heterocycles. The third-order valence-electron chi connectivity index (χ3n) is 2.75. The lowest BCUT2D eigenvalue weighted by atomic mass is 10.1. The molecule has 1 aliphatic rings. The van der Waals surface area contributed by atoms with Gasteiger partial charge < -0.3 is 10.4 Å². The second-order valence-electron chi connectivity index (χ2n) is 3.90. The number of hydrogen-bond donors (Lipinski definition) is 2. The number of rotatable bonds is 2. The molecule has 0 atom stereocenters. The van der Waals surface area contributed by atoms with Gasteiger partial charge in [0.2, 0.25) is 5.82 Å². The van der Waals surface area contributed by atoms with Crippen molar-refractivity contribution in [3.63, 3.8) is 0 Å². The Labute approximate surface area is 92.7 Å². The predicted molar refractivity (Wildman–Crippen MR) is 56.2 cm³/mol. The minimum Gasteiger partial charge on any atom is -0.505 e. The van der Waals surface area contributed by atoms with Crippen LogP contribution >= 0.6 is 0 Å². The summed E-state index contributed by atoms with van der Waals surface area (Å²) in [6.07, 6.45) is 0. The van der Waals surface area contributed by atoms with E-state index in [1.165, 1.54) is 12.1 Å². The van der Waals surface area contributed by atoms with Gasteiger partial charge in [0.15, 0.2) is 11.6 Å². The molecule has 0 aliphatic carbocycles. The average molecular weight is 228 g/mol. The van der Waals surface area contributed by atoms with Gasteiger partial charge in [-0.2, -0.15) is 4.39 Å². The van der Waals surface area contributed by atoms with Crippen LogP contribution in [0.25, 0.3) is 0 Å². The average Bonchev–Trinajstić information content (AvgIpc) is 2.31. The maximum Gasteiger partial charge on any atom is 0.200 e. The third kappa shape index (κ3) is 2.31. The number of nitrogens with zero attached hydrogens (tertiary/aromatic N) is 1. The van der Waals surface area contributed by atoms with E-state index in [1.807, 2.05) is 4.90 Å². The van der Waals surface area contributed by atoms with Crippen LogP contribution in [0.3, 0.4) is 0 Å². The van der Waals surface area contributed by atoms with Gasteiger partial charge in [-0.3, -0.25) is 4.90 Å². The summed E-state index contributed by atoms with van der Waals surface area (Å²) in [5.74, 6) is -2.74. The molecule has 16 heavy (non-hydrogen) atoms. The van der Waals surface area contributed by atoms with Crippen molar-refractivity contribution in [3.05, 3.63) is 29.3 Å². The Morgan fingerprint density at radius 1 is 1.19 bits per heavy atom. The summed E-state index contributed by atoms with van der Waals surface area (Å²) in [4.78, 5) is 2.05. The van der Waals surface area contributed by atoms with Crippen molar-refractivity contribution in [1.82, 2.24) is 10.2 Å². The van der Waals surface area contributed by atoms with E-state index >= 15 is 0 Å². The Bertz CT molecular complexity index is 378. The molecule has 1 aromatic rings. The van der Waals surface area contributed by atoms with E-state index < -0.39 is 17.4 Å². The minimum absolute atomic E-state index is 0.289. The van der Waals surface area contributed by atoms with E-state index in [0.29, 0.717) is 6.54 Å². The van der Waals surface area contributed by atoms with Crippen LogP contribution in [0.4, 0.5) is 8.78 Å². The Morgan fingerprint density at radius 2 is 1.88 bits per heavy atom. The van der Waals surface area contributed by atoms with Gasteiger partial charge in [0.05, 0.1) is 0 Å². The number of aromatic hydroxyl groups is 1. The van der Waals surface area contributed by atoms with Crippen molar-refractivity contribution in [2.24, 2.45) is 0 Å². The summed E-state index contributed by atoms with van der Waals surface area (Å²) in [6.45, 7) is 3.75. The van der Waals surface area contributed by atoms with Crippen LogP contribution < -0.4 is 5.32 Å². The van der Waals surface area contributed by atoms with Gasteiger partial charge in [-0.25, -0.2) is 4.39 Å². The molecule has 0 bridgehead atoms. The van der Waals surface area contributed by atoms with Crippen molar-refractivity contribution in [2.75, 3.05) is 26.2 Å². The zero-order valence-electron chi connectivity index (χ0n) is 8.84. The Kier molecular flexibility index (Phi) is 3.36. The third-order valence-corrected chi connectivity index (χ3v) is 2.75. The number of nitrogens with one attached hydrogen (secondary N) is 1. The summed E-state index contributed by atoms with van der Waals surface area (Å²) in [7, 11) is 0. The molecule has 1 aromatic carbocycles. The number of piperazine rings is 1. The van der Waals surface area contributed by atoms with Crippen LogP contribution in [0.1, 0.15) is 5.56 Å². The summed E-state index contributed by atoms with van der Waals surface area (Å²) < 4.78 is 26.5. The van der Waals surface area contributed by atoms with Gasteiger partial charge in [0.1, 0.15) is 0 Å². The topological polar surface area (TPSA) is 35.5 Å². The van der Waals surface area contributed by atoms with Crippen molar-refractivity contribution >= 4 is 0 Å². The lowest BCUT2D eigenvalue weighted by Crippen LogP contribution is -2.43. The Morgan fingerprint density at radius 3 is 2.56 bits per heavy atom. The van der Waals surface area contributed by atoms with Crippen molar-refractivity contribution in [1.29, 1.82) is 0 Å². The van der Waals surface area contributed by atoms with Crippen LogP contribution in [0.5, 0.6) is 5.75 Å². The molecular weight excluding hydrogens is 214 g/mol. The van der Waals surface area contributed by atoms with E-state index in [-0.39, 0.29) is 5.56 Å². The van der Waals surface area contributed by atoms with Gasteiger partial charge in [0, 0.05) is 38.3 Å². The largest absolute Gasteiger partial charge is 0.505 e. The van der Waals surface area contributed by atoms with Crippen LogP contribution in [0.15, 0.2) is 12.1 Å². The number of phenols is 1. The maximum absolute atomic E-state index is 13.4. The number of halogens is 2. The zero-order chi connectivity index (χ0) is 11.5. The maximum atomic E-state index is 13.4. The van der Waals surface area contributed by atoms with E-state index in [1.54, 1.807) is 0 Å². The van der Waals surface area contributed by atoms with E-state index in [4.69, 9.17) is 5.11 Å². The second kappa shape index (κ2) is 4.76. The first kappa shape index (κ1) is 11.3. The molecule has 1 saturated heterocycles. The molecule has 0 amide bonds. The van der Waals surface area contributed by atoms with Gasteiger partial charge in [-0.1, -0.05) is 6.07 Å². The summed E-state index contributed by atoms with van der Waals surface area (Å²) >= 11 is 0. The van der Waals surface area contributed by atoms with Gasteiger partial charge in [0.25, 0.3) is 0 Å².